The van der Waals surface area contributed by atoms with Crippen molar-refractivity contribution in [3.05, 3.63) is 64.7 Å². The summed E-state index contributed by atoms with van der Waals surface area (Å²) < 4.78 is 0. The van der Waals surface area contributed by atoms with E-state index in [4.69, 9.17) is 16.6 Å². The summed E-state index contributed by atoms with van der Waals surface area (Å²) in [5.41, 5.74) is 4.38. The van der Waals surface area contributed by atoms with E-state index >= 15 is 0 Å². The lowest BCUT2D eigenvalue weighted by molar-refractivity contribution is 0.511. The summed E-state index contributed by atoms with van der Waals surface area (Å²) in [5, 5.41) is 4.28. The van der Waals surface area contributed by atoms with E-state index < -0.39 is 0 Å². The summed E-state index contributed by atoms with van der Waals surface area (Å²) in [6, 6.07) is 16.6. The third-order valence-corrected chi connectivity index (χ3v) is 4.10. The molecule has 3 heteroatoms. The average molecular weight is 313 g/mol. The van der Waals surface area contributed by atoms with Gasteiger partial charge in [-0.1, -0.05) is 55.8 Å². The van der Waals surface area contributed by atoms with Gasteiger partial charge in [0.15, 0.2) is 0 Å². The Kier molecular flexibility index (Phi) is 4.49. The summed E-state index contributed by atoms with van der Waals surface area (Å²) >= 11 is 6.22. The Balaban J connectivity index is 2.10. The van der Waals surface area contributed by atoms with Crippen LogP contribution < -0.4 is 5.32 Å². The molecular weight excluding hydrogens is 292 g/mol. The van der Waals surface area contributed by atoms with Gasteiger partial charge in [0.05, 0.1) is 11.8 Å². The number of aliphatic imine (C=N–C) groups is 1. The molecular formula is C19H21ClN2. The predicted molar refractivity (Wildman–Crippen MR) is 95.3 cm³/mol. The van der Waals surface area contributed by atoms with Crippen LogP contribution in [0.15, 0.2) is 53.5 Å². The number of hydrogen-bond acceptors (Lipinski definition) is 2. The minimum atomic E-state index is 0.279. The lowest BCUT2D eigenvalue weighted by Gasteiger charge is -2.14. The molecule has 2 aromatic rings. The zero-order valence-electron chi connectivity index (χ0n) is 13.0. The minimum Gasteiger partial charge on any atom is -0.382 e. The maximum atomic E-state index is 6.22. The second-order valence-electron chi connectivity index (χ2n) is 6.20. The van der Waals surface area contributed by atoms with Crippen molar-refractivity contribution >= 4 is 23.0 Å². The Morgan fingerprint density at radius 1 is 1.18 bits per heavy atom. The molecule has 0 amide bonds. The van der Waals surface area contributed by atoms with E-state index in [-0.39, 0.29) is 6.04 Å². The molecule has 22 heavy (non-hydrogen) atoms. The van der Waals surface area contributed by atoms with Crippen molar-refractivity contribution in [2.75, 3.05) is 11.9 Å². The molecule has 0 spiro atoms. The molecule has 0 unspecified atom stereocenters. The Morgan fingerprint density at radius 3 is 2.68 bits per heavy atom. The van der Waals surface area contributed by atoms with Gasteiger partial charge in [0.25, 0.3) is 0 Å². The first kappa shape index (κ1) is 15.1. The molecule has 0 bridgehead atoms. The zero-order valence-corrected chi connectivity index (χ0v) is 13.8. The Labute approximate surface area is 137 Å². The highest BCUT2D eigenvalue weighted by atomic mass is 35.5. The van der Waals surface area contributed by atoms with Crippen molar-refractivity contribution in [1.82, 2.24) is 0 Å². The fraction of sp³-hybridized carbons (Fsp3) is 0.316. The van der Waals surface area contributed by atoms with Crippen LogP contribution in [0.4, 0.5) is 5.69 Å². The lowest BCUT2D eigenvalue weighted by Crippen LogP contribution is -2.19. The number of hydrogen-bond donors (Lipinski definition) is 1. The lowest BCUT2D eigenvalue weighted by atomic mass is 10.00. The first-order valence-electron chi connectivity index (χ1n) is 7.80. The molecule has 0 saturated heterocycles. The van der Waals surface area contributed by atoms with Gasteiger partial charge in [0.2, 0.25) is 0 Å². The van der Waals surface area contributed by atoms with Gasteiger partial charge < -0.3 is 5.32 Å². The first-order valence-corrected chi connectivity index (χ1v) is 8.18. The summed E-state index contributed by atoms with van der Waals surface area (Å²) in [5.74, 6) is 0.623. The molecule has 1 aliphatic heterocycles. The van der Waals surface area contributed by atoms with Crippen LogP contribution in [0.2, 0.25) is 5.02 Å². The number of rotatable bonds is 3. The molecule has 1 N–H and O–H groups in total. The number of halogens is 1. The highest BCUT2D eigenvalue weighted by Crippen LogP contribution is 2.27. The molecule has 2 nitrogen and oxygen atoms in total. The standard InChI is InChI=1S/C19H21ClN2/c1-13(2)10-16-12-21-18-9-8-15(20)11-17(18)19(22-16)14-6-4-3-5-7-14/h3-9,11,13,16,21H,10,12H2,1-2H3/t16-/m1/s1. The number of nitrogens with zero attached hydrogens (tertiary/aromatic N) is 1. The van der Waals surface area contributed by atoms with Crippen molar-refractivity contribution in [3.63, 3.8) is 0 Å². The fourth-order valence-electron chi connectivity index (χ4n) is 2.90. The molecule has 0 aromatic heterocycles. The average Bonchev–Trinajstić information content (AvgIpc) is 2.67. The van der Waals surface area contributed by atoms with E-state index in [1.165, 1.54) is 0 Å². The van der Waals surface area contributed by atoms with Crippen LogP contribution >= 0.6 is 11.6 Å². The second-order valence-corrected chi connectivity index (χ2v) is 6.63. The van der Waals surface area contributed by atoms with E-state index in [0.717, 1.165) is 40.5 Å². The van der Waals surface area contributed by atoms with Gasteiger partial charge >= 0.3 is 0 Å². The molecule has 2 aromatic carbocycles. The van der Waals surface area contributed by atoms with E-state index in [1.54, 1.807) is 0 Å². The normalized spacial score (nSPS) is 17.5. The third-order valence-electron chi connectivity index (χ3n) is 3.87. The van der Waals surface area contributed by atoms with Crippen molar-refractivity contribution in [2.24, 2.45) is 10.9 Å². The molecule has 1 heterocycles. The summed E-state index contributed by atoms with van der Waals surface area (Å²) in [6.45, 7) is 5.35. The van der Waals surface area contributed by atoms with Crippen LogP contribution in [-0.4, -0.2) is 18.3 Å². The van der Waals surface area contributed by atoms with E-state index in [9.17, 15) is 0 Å². The maximum Gasteiger partial charge on any atom is 0.0744 e. The maximum absolute atomic E-state index is 6.22. The molecule has 0 fully saturated rings. The summed E-state index contributed by atoms with van der Waals surface area (Å²) in [6.07, 6.45) is 1.07. The summed E-state index contributed by atoms with van der Waals surface area (Å²) in [7, 11) is 0. The molecule has 1 atom stereocenters. The van der Waals surface area contributed by atoms with E-state index in [0.29, 0.717) is 5.92 Å². The van der Waals surface area contributed by atoms with Crippen LogP contribution in [0, 0.1) is 5.92 Å². The summed E-state index contributed by atoms with van der Waals surface area (Å²) in [4.78, 5) is 5.06. The Morgan fingerprint density at radius 2 is 1.95 bits per heavy atom. The molecule has 0 aliphatic carbocycles. The highest BCUT2D eigenvalue weighted by Gasteiger charge is 2.20. The number of nitrogens with one attached hydrogen (secondary N) is 1. The van der Waals surface area contributed by atoms with E-state index in [2.05, 4.69) is 43.4 Å². The minimum absolute atomic E-state index is 0.279. The van der Waals surface area contributed by atoms with Crippen LogP contribution in [0.25, 0.3) is 0 Å². The van der Waals surface area contributed by atoms with Crippen LogP contribution in [-0.2, 0) is 0 Å². The molecule has 114 valence electrons. The van der Waals surface area contributed by atoms with Crippen molar-refractivity contribution < 1.29 is 0 Å². The zero-order chi connectivity index (χ0) is 15.5. The Hall–Kier alpha value is -1.80. The molecule has 0 radical (unpaired) electrons. The number of benzodiazepines with no additional fused rings is 1. The van der Waals surface area contributed by atoms with Gasteiger partial charge in [-0.25, -0.2) is 0 Å². The first-order chi connectivity index (χ1) is 10.6. The predicted octanol–water partition coefficient (Wildman–Crippen LogP) is 5.02. The molecule has 1 aliphatic rings. The van der Waals surface area contributed by atoms with Crippen molar-refractivity contribution in [1.29, 1.82) is 0 Å². The molecule has 0 saturated carbocycles. The number of fused-ring (bicyclic) bond motifs is 1. The molecule has 3 rings (SSSR count). The van der Waals surface area contributed by atoms with Crippen molar-refractivity contribution in [2.45, 2.75) is 26.3 Å². The van der Waals surface area contributed by atoms with Gasteiger partial charge in [-0.05, 0) is 30.5 Å². The largest absolute Gasteiger partial charge is 0.382 e. The van der Waals surface area contributed by atoms with Gasteiger partial charge in [-0.15, -0.1) is 0 Å². The smallest absolute Gasteiger partial charge is 0.0744 e. The third kappa shape index (κ3) is 3.33. The van der Waals surface area contributed by atoms with Crippen LogP contribution in [0.1, 0.15) is 31.4 Å². The quantitative estimate of drug-likeness (QED) is 0.845. The Bertz CT molecular complexity index is 677. The van der Waals surface area contributed by atoms with Gasteiger partial charge in [0.1, 0.15) is 0 Å². The van der Waals surface area contributed by atoms with Gasteiger partial charge in [0, 0.05) is 28.4 Å². The number of benzene rings is 2. The highest BCUT2D eigenvalue weighted by molar-refractivity contribution is 6.31. The fourth-order valence-corrected chi connectivity index (χ4v) is 3.07. The topological polar surface area (TPSA) is 24.4 Å². The van der Waals surface area contributed by atoms with Gasteiger partial charge in [-0.2, -0.15) is 0 Å². The van der Waals surface area contributed by atoms with Crippen molar-refractivity contribution in [3.8, 4) is 0 Å². The monoisotopic (exact) mass is 312 g/mol. The van der Waals surface area contributed by atoms with Crippen LogP contribution in [0.5, 0.6) is 0 Å². The van der Waals surface area contributed by atoms with Gasteiger partial charge in [-0.3, -0.25) is 4.99 Å². The van der Waals surface area contributed by atoms with Crippen LogP contribution in [0.3, 0.4) is 0 Å². The number of anilines is 1. The SMILES string of the molecule is CC(C)C[C@@H]1CNc2ccc(Cl)cc2C(c2ccccc2)=N1. The second kappa shape index (κ2) is 6.53. The van der Waals surface area contributed by atoms with E-state index in [1.807, 2.05) is 24.3 Å².